The molecule has 0 unspecified atom stereocenters. The largest absolute Gasteiger partial charge is 0.0958 e. The predicted octanol–water partition coefficient (Wildman–Crippen LogP) is 3.73. The van der Waals surface area contributed by atoms with Crippen LogP contribution in [0, 0.1) is 5.92 Å². The third-order valence-corrected chi connectivity index (χ3v) is 1.57. The maximum absolute atomic E-state index is 5.58. The van der Waals surface area contributed by atoms with Crippen molar-refractivity contribution in [1.82, 2.24) is 0 Å². The van der Waals surface area contributed by atoms with Crippen LogP contribution in [0.1, 0.15) is 27.2 Å². The van der Waals surface area contributed by atoms with Crippen molar-refractivity contribution in [2.24, 2.45) is 5.92 Å². The van der Waals surface area contributed by atoms with Gasteiger partial charge in [0.2, 0.25) is 0 Å². The first-order chi connectivity index (χ1) is 4.57. The second kappa shape index (κ2) is 4.56. The molecule has 0 amide bonds. The van der Waals surface area contributed by atoms with Gasteiger partial charge in [0, 0.05) is 5.54 Å². The minimum atomic E-state index is 0.654. The SMILES string of the molecule is C=C(C)C(=CCl)CC(C)C. The zero-order valence-corrected chi connectivity index (χ0v) is 7.70. The Morgan fingerprint density at radius 1 is 1.60 bits per heavy atom. The fourth-order valence-corrected chi connectivity index (χ4v) is 1.03. The summed E-state index contributed by atoms with van der Waals surface area (Å²) in [5, 5.41) is 0. The molecule has 0 aliphatic heterocycles. The van der Waals surface area contributed by atoms with E-state index in [-0.39, 0.29) is 0 Å². The van der Waals surface area contributed by atoms with Gasteiger partial charge >= 0.3 is 0 Å². The van der Waals surface area contributed by atoms with Gasteiger partial charge in [-0.3, -0.25) is 0 Å². The molecule has 0 saturated heterocycles. The first kappa shape index (κ1) is 9.77. The molecule has 0 saturated carbocycles. The highest BCUT2D eigenvalue weighted by Gasteiger charge is 2.00. The molecule has 0 N–H and O–H groups in total. The van der Waals surface area contributed by atoms with Crippen LogP contribution in [0.3, 0.4) is 0 Å². The van der Waals surface area contributed by atoms with Crippen LogP contribution in [-0.4, -0.2) is 0 Å². The maximum atomic E-state index is 5.58. The van der Waals surface area contributed by atoms with Crippen molar-refractivity contribution in [2.45, 2.75) is 27.2 Å². The molecule has 10 heavy (non-hydrogen) atoms. The van der Waals surface area contributed by atoms with E-state index in [0.29, 0.717) is 5.92 Å². The van der Waals surface area contributed by atoms with Crippen molar-refractivity contribution in [1.29, 1.82) is 0 Å². The van der Waals surface area contributed by atoms with Crippen LogP contribution >= 0.6 is 11.6 Å². The van der Waals surface area contributed by atoms with Crippen molar-refractivity contribution < 1.29 is 0 Å². The third-order valence-electron chi connectivity index (χ3n) is 1.31. The molecule has 0 rings (SSSR count). The molecule has 1 heteroatoms. The average Bonchev–Trinajstić information content (AvgIpc) is 1.81. The maximum Gasteiger partial charge on any atom is 0.00770 e. The molecule has 58 valence electrons. The van der Waals surface area contributed by atoms with Crippen LogP contribution in [0.5, 0.6) is 0 Å². The number of halogens is 1. The lowest BCUT2D eigenvalue weighted by Crippen LogP contribution is -1.91. The molecule has 0 atom stereocenters. The van der Waals surface area contributed by atoms with Crippen molar-refractivity contribution in [3.63, 3.8) is 0 Å². The first-order valence-electron chi connectivity index (χ1n) is 3.53. The van der Waals surface area contributed by atoms with Crippen molar-refractivity contribution in [2.75, 3.05) is 0 Å². The Balaban J connectivity index is 3.99. The standard InChI is InChI=1S/C9H15Cl/c1-7(2)5-9(6-10)8(3)4/h6-7H,3,5H2,1-2,4H3. The highest BCUT2D eigenvalue weighted by atomic mass is 35.5. The predicted molar refractivity (Wildman–Crippen MR) is 48.2 cm³/mol. The van der Waals surface area contributed by atoms with Gasteiger partial charge in [0.25, 0.3) is 0 Å². The second-order valence-corrected chi connectivity index (χ2v) is 3.23. The van der Waals surface area contributed by atoms with Gasteiger partial charge in [-0.15, -0.1) is 0 Å². The number of hydrogen-bond acceptors (Lipinski definition) is 0. The third kappa shape index (κ3) is 3.73. The van der Waals surface area contributed by atoms with Crippen LogP contribution in [0.2, 0.25) is 0 Å². The molecular weight excluding hydrogens is 144 g/mol. The van der Waals surface area contributed by atoms with Gasteiger partial charge in [0.05, 0.1) is 0 Å². The summed E-state index contributed by atoms with van der Waals surface area (Å²) in [5.74, 6) is 0.654. The summed E-state index contributed by atoms with van der Waals surface area (Å²) in [4.78, 5) is 0. The molecule has 0 aromatic rings. The van der Waals surface area contributed by atoms with Gasteiger partial charge in [-0.1, -0.05) is 37.6 Å². The Morgan fingerprint density at radius 2 is 2.10 bits per heavy atom. The Hall–Kier alpha value is -0.230. The van der Waals surface area contributed by atoms with Crippen LogP contribution in [0.4, 0.5) is 0 Å². The van der Waals surface area contributed by atoms with E-state index in [9.17, 15) is 0 Å². The van der Waals surface area contributed by atoms with Gasteiger partial charge in [-0.25, -0.2) is 0 Å². The van der Waals surface area contributed by atoms with Crippen molar-refractivity contribution >= 4 is 11.6 Å². The van der Waals surface area contributed by atoms with Crippen LogP contribution < -0.4 is 0 Å². The van der Waals surface area contributed by atoms with E-state index in [2.05, 4.69) is 20.4 Å². The highest BCUT2D eigenvalue weighted by Crippen LogP contribution is 2.17. The molecule has 0 bridgehead atoms. The van der Waals surface area contributed by atoms with Gasteiger partial charge in [0.1, 0.15) is 0 Å². The summed E-state index contributed by atoms with van der Waals surface area (Å²) in [6.45, 7) is 10.1. The number of allylic oxidation sites excluding steroid dienone is 2. The quantitative estimate of drug-likeness (QED) is 0.549. The zero-order valence-electron chi connectivity index (χ0n) is 6.95. The fourth-order valence-electron chi connectivity index (χ4n) is 0.752. The van der Waals surface area contributed by atoms with E-state index in [1.807, 2.05) is 6.92 Å². The lowest BCUT2D eigenvalue weighted by molar-refractivity contribution is 0.646. The second-order valence-electron chi connectivity index (χ2n) is 3.01. The van der Waals surface area contributed by atoms with E-state index < -0.39 is 0 Å². The summed E-state index contributed by atoms with van der Waals surface area (Å²) in [6, 6.07) is 0. The van der Waals surface area contributed by atoms with E-state index in [4.69, 9.17) is 11.6 Å². The molecule has 0 heterocycles. The summed E-state index contributed by atoms with van der Waals surface area (Å²) in [7, 11) is 0. The number of hydrogen-bond donors (Lipinski definition) is 0. The van der Waals surface area contributed by atoms with E-state index in [1.54, 1.807) is 5.54 Å². The van der Waals surface area contributed by atoms with Gasteiger partial charge < -0.3 is 0 Å². The molecule has 0 spiro atoms. The van der Waals surface area contributed by atoms with Crippen LogP contribution in [0.25, 0.3) is 0 Å². The number of rotatable bonds is 3. The van der Waals surface area contributed by atoms with Crippen molar-refractivity contribution in [3.8, 4) is 0 Å². The monoisotopic (exact) mass is 158 g/mol. The van der Waals surface area contributed by atoms with Crippen LogP contribution in [0.15, 0.2) is 23.3 Å². The van der Waals surface area contributed by atoms with Gasteiger partial charge in [0.15, 0.2) is 0 Å². The Morgan fingerprint density at radius 3 is 2.20 bits per heavy atom. The van der Waals surface area contributed by atoms with Gasteiger partial charge in [-0.05, 0) is 24.8 Å². The minimum Gasteiger partial charge on any atom is -0.0958 e. The smallest absolute Gasteiger partial charge is 0.00770 e. The molecule has 0 aliphatic carbocycles. The highest BCUT2D eigenvalue weighted by molar-refractivity contribution is 6.25. The minimum absolute atomic E-state index is 0.654. The average molecular weight is 159 g/mol. The Labute approximate surface area is 68.6 Å². The molecule has 0 aromatic carbocycles. The summed E-state index contributed by atoms with van der Waals surface area (Å²) in [5.41, 5.74) is 3.86. The lowest BCUT2D eigenvalue weighted by Gasteiger charge is -2.07. The fraction of sp³-hybridized carbons (Fsp3) is 0.556. The normalized spacial score (nSPS) is 12.3. The van der Waals surface area contributed by atoms with E-state index >= 15 is 0 Å². The van der Waals surface area contributed by atoms with Gasteiger partial charge in [-0.2, -0.15) is 0 Å². The Kier molecular flexibility index (Phi) is 4.46. The first-order valence-corrected chi connectivity index (χ1v) is 3.96. The molecule has 0 aromatic heterocycles. The van der Waals surface area contributed by atoms with E-state index in [0.717, 1.165) is 17.6 Å². The molecule has 0 nitrogen and oxygen atoms in total. The summed E-state index contributed by atoms with van der Waals surface area (Å²) in [6.07, 6.45) is 1.03. The molecular formula is C9H15Cl. The van der Waals surface area contributed by atoms with E-state index in [1.165, 1.54) is 0 Å². The van der Waals surface area contributed by atoms with Crippen LogP contribution in [-0.2, 0) is 0 Å². The molecule has 0 aliphatic rings. The molecule has 0 fully saturated rings. The summed E-state index contributed by atoms with van der Waals surface area (Å²) < 4.78 is 0. The lowest BCUT2D eigenvalue weighted by atomic mass is 10.00. The Bertz CT molecular complexity index is 143. The topological polar surface area (TPSA) is 0 Å². The van der Waals surface area contributed by atoms with Crippen molar-refractivity contribution in [3.05, 3.63) is 23.3 Å². The molecule has 0 radical (unpaired) electrons. The zero-order chi connectivity index (χ0) is 8.15. The summed E-state index contributed by atoms with van der Waals surface area (Å²) >= 11 is 5.58.